The van der Waals surface area contributed by atoms with E-state index in [1.807, 2.05) is 18.5 Å². The highest BCUT2D eigenvalue weighted by Gasteiger charge is 2.22. The predicted molar refractivity (Wildman–Crippen MR) is 126 cm³/mol. The maximum atomic E-state index is 12.5. The lowest BCUT2D eigenvalue weighted by Crippen LogP contribution is -2.49. The standard InChI is InChI=1S/C24H28N6O2/c1-18-6-8-22(9-7-18)30-11-10-25-24(30)29-14-12-28(13-15-29)17-23(32)27-21-5-3-4-20(16-21)26-19(2)31/h3-11,16H,12-15,17H2,1-2H3,(H,26,31)(H,27,32). The molecular weight excluding hydrogens is 404 g/mol. The first kappa shape index (κ1) is 21.6. The number of piperazine rings is 1. The third-order valence-electron chi connectivity index (χ3n) is 5.42. The van der Waals surface area contributed by atoms with Gasteiger partial charge in [0, 0.05) is 62.6 Å². The van der Waals surface area contributed by atoms with E-state index in [-0.39, 0.29) is 11.8 Å². The number of nitrogens with zero attached hydrogens (tertiary/aromatic N) is 4. The predicted octanol–water partition coefficient (Wildman–Crippen LogP) is 2.90. The van der Waals surface area contributed by atoms with E-state index in [0.29, 0.717) is 17.9 Å². The second kappa shape index (κ2) is 9.65. The highest BCUT2D eigenvalue weighted by atomic mass is 16.2. The molecular formula is C24H28N6O2. The van der Waals surface area contributed by atoms with Crippen LogP contribution in [-0.2, 0) is 9.59 Å². The summed E-state index contributed by atoms with van der Waals surface area (Å²) in [5, 5.41) is 5.64. The molecule has 2 aromatic carbocycles. The molecule has 1 aromatic heterocycles. The molecule has 0 radical (unpaired) electrons. The zero-order valence-corrected chi connectivity index (χ0v) is 18.4. The molecule has 0 bridgehead atoms. The normalized spacial score (nSPS) is 14.2. The Balaban J connectivity index is 1.31. The number of imidazole rings is 1. The molecule has 0 saturated carbocycles. The lowest BCUT2D eigenvalue weighted by molar-refractivity contribution is -0.117. The SMILES string of the molecule is CC(=O)Nc1cccc(NC(=O)CN2CCN(c3nccn3-c3ccc(C)cc3)CC2)c1. The summed E-state index contributed by atoms with van der Waals surface area (Å²) < 4.78 is 2.10. The maximum absolute atomic E-state index is 12.5. The number of carbonyl (C=O) groups excluding carboxylic acids is 2. The third kappa shape index (κ3) is 5.33. The van der Waals surface area contributed by atoms with Crippen LogP contribution in [0, 0.1) is 6.92 Å². The van der Waals surface area contributed by atoms with Gasteiger partial charge < -0.3 is 15.5 Å². The quantitative estimate of drug-likeness (QED) is 0.626. The Kier molecular flexibility index (Phi) is 6.51. The molecule has 8 nitrogen and oxygen atoms in total. The van der Waals surface area contributed by atoms with Crippen molar-refractivity contribution in [2.45, 2.75) is 13.8 Å². The third-order valence-corrected chi connectivity index (χ3v) is 5.42. The van der Waals surface area contributed by atoms with Gasteiger partial charge in [0.25, 0.3) is 0 Å². The highest BCUT2D eigenvalue weighted by molar-refractivity contribution is 5.94. The second-order valence-corrected chi connectivity index (χ2v) is 8.01. The molecule has 0 atom stereocenters. The van der Waals surface area contributed by atoms with Gasteiger partial charge in [0.15, 0.2) is 0 Å². The van der Waals surface area contributed by atoms with Crippen LogP contribution in [0.4, 0.5) is 17.3 Å². The van der Waals surface area contributed by atoms with E-state index in [2.05, 4.69) is 61.2 Å². The first-order valence-corrected chi connectivity index (χ1v) is 10.7. The fraction of sp³-hybridized carbons (Fsp3) is 0.292. The van der Waals surface area contributed by atoms with Gasteiger partial charge in [0.05, 0.1) is 6.54 Å². The second-order valence-electron chi connectivity index (χ2n) is 8.01. The summed E-state index contributed by atoms with van der Waals surface area (Å²) in [5.41, 5.74) is 3.64. The maximum Gasteiger partial charge on any atom is 0.238 e. The van der Waals surface area contributed by atoms with Crippen LogP contribution in [0.3, 0.4) is 0 Å². The molecule has 0 spiro atoms. The Labute approximate surface area is 187 Å². The van der Waals surface area contributed by atoms with Crippen LogP contribution >= 0.6 is 0 Å². The van der Waals surface area contributed by atoms with Crippen molar-refractivity contribution in [2.75, 3.05) is 48.3 Å². The van der Waals surface area contributed by atoms with Gasteiger partial charge in [0.1, 0.15) is 0 Å². The molecule has 0 unspecified atom stereocenters. The number of aryl methyl sites for hydroxylation is 1. The average molecular weight is 433 g/mol. The molecule has 1 saturated heterocycles. The van der Waals surface area contributed by atoms with Crippen molar-refractivity contribution < 1.29 is 9.59 Å². The lowest BCUT2D eigenvalue weighted by atomic mass is 10.2. The van der Waals surface area contributed by atoms with Crippen LogP contribution in [-0.4, -0.2) is 59.0 Å². The number of hydrogen-bond donors (Lipinski definition) is 2. The monoisotopic (exact) mass is 432 g/mol. The zero-order chi connectivity index (χ0) is 22.5. The van der Waals surface area contributed by atoms with E-state index in [1.165, 1.54) is 12.5 Å². The van der Waals surface area contributed by atoms with Crippen molar-refractivity contribution >= 4 is 29.1 Å². The molecule has 2 amide bonds. The van der Waals surface area contributed by atoms with E-state index >= 15 is 0 Å². The molecule has 166 valence electrons. The summed E-state index contributed by atoms with van der Waals surface area (Å²) >= 11 is 0. The number of rotatable bonds is 6. The molecule has 2 heterocycles. The van der Waals surface area contributed by atoms with E-state index in [0.717, 1.165) is 37.8 Å². The summed E-state index contributed by atoms with van der Waals surface area (Å²) in [6, 6.07) is 15.5. The topological polar surface area (TPSA) is 82.5 Å². The molecule has 2 N–H and O–H groups in total. The summed E-state index contributed by atoms with van der Waals surface area (Å²) in [7, 11) is 0. The van der Waals surface area contributed by atoms with Gasteiger partial charge in [-0.1, -0.05) is 23.8 Å². The smallest absolute Gasteiger partial charge is 0.238 e. The van der Waals surface area contributed by atoms with Crippen molar-refractivity contribution in [3.63, 3.8) is 0 Å². The molecule has 0 aliphatic carbocycles. The van der Waals surface area contributed by atoms with Crippen LogP contribution in [0.1, 0.15) is 12.5 Å². The number of amides is 2. The van der Waals surface area contributed by atoms with Crippen LogP contribution in [0.25, 0.3) is 5.69 Å². The van der Waals surface area contributed by atoms with E-state index < -0.39 is 0 Å². The summed E-state index contributed by atoms with van der Waals surface area (Å²) in [4.78, 5) is 32.7. The number of carbonyl (C=O) groups is 2. The van der Waals surface area contributed by atoms with Gasteiger partial charge in [-0.05, 0) is 37.3 Å². The summed E-state index contributed by atoms with van der Waals surface area (Å²) in [6.07, 6.45) is 3.80. The molecule has 1 aliphatic heterocycles. The largest absolute Gasteiger partial charge is 0.339 e. The minimum Gasteiger partial charge on any atom is -0.339 e. The van der Waals surface area contributed by atoms with E-state index in [9.17, 15) is 9.59 Å². The van der Waals surface area contributed by atoms with Crippen molar-refractivity contribution in [1.29, 1.82) is 0 Å². The molecule has 3 aromatic rings. The minimum absolute atomic E-state index is 0.0698. The van der Waals surface area contributed by atoms with Crippen molar-refractivity contribution in [3.8, 4) is 5.69 Å². The fourth-order valence-electron chi connectivity index (χ4n) is 3.82. The summed E-state index contributed by atoms with van der Waals surface area (Å²) in [6.45, 7) is 7.01. The zero-order valence-electron chi connectivity index (χ0n) is 18.4. The van der Waals surface area contributed by atoms with Gasteiger partial charge >= 0.3 is 0 Å². The van der Waals surface area contributed by atoms with E-state index in [4.69, 9.17) is 0 Å². The van der Waals surface area contributed by atoms with Crippen LogP contribution in [0.5, 0.6) is 0 Å². The number of nitrogens with one attached hydrogen (secondary N) is 2. The first-order valence-electron chi connectivity index (χ1n) is 10.7. The average Bonchev–Trinajstić information content (AvgIpc) is 3.24. The molecule has 4 rings (SSSR count). The Morgan fingerprint density at radius 1 is 0.969 bits per heavy atom. The number of anilines is 3. The van der Waals surface area contributed by atoms with Gasteiger partial charge in [-0.3, -0.25) is 19.1 Å². The Hall–Kier alpha value is -3.65. The molecule has 32 heavy (non-hydrogen) atoms. The Bertz CT molecular complexity index is 1080. The van der Waals surface area contributed by atoms with Gasteiger partial charge in [-0.25, -0.2) is 4.98 Å². The van der Waals surface area contributed by atoms with Crippen molar-refractivity contribution in [1.82, 2.24) is 14.5 Å². The van der Waals surface area contributed by atoms with E-state index in [1.54, 1.807) is 18.2 Å². The fourth-order valence-corrected chi connectivity index (χ4v) is 3.82. The van der Waals surface area contributed by atoms with Crippen LogP contribution < -0.4 is 15.5 Å². The van der Waals surface area contributed by atoms with Crippen LogP contribution in [0.2, 0.25) is 0 Å². The molecule has 1 fully saturated rings. The number of aromatic nitrogens is 2. The Morgan fingerprint density at radius 3 is 2.34 bits per heavy atom. The Morgan fingerprint density at radius 2 is 1.66 bits per heavy atom. The van der Waals surface area contributed by atoms with Crippen LogP contribution in [0.15, 0.2) is 60.9 Å². The molecule has 1 aliphatic rings. The summed E-state index contributed by atoms with van der Waals surface area (Å²) in [5.74, 6) is 0.710. The molecule has 8 heteroatoms. The van der Waals surface area contributed by atoms with Gasteiger partial charge in [-0.15, -0.1) is 0 Å². The highest BCUT2D eigenvalue weighted by Crippen LogP contribution is 2.20. The van der Waals surface area contributed by atoms with Crippen molar-refractivity contribution in [2.24, 2.45) is 0 Å². The number of benzene rings is 2. The lowest BCUT2D eigenvalue weighted by Gasteiger charge is -2.35. The first-order chi connectivity index (χ1) is 15.5. The van der Waals surface area contributed by atoms with Gasteiger partial charge in [0.2, 0.25) is 17.8 Å². The minimum atomic E-state index is -0.144. The number of hydrogen-bond acceptors (Lipinski definition) is 5. The van der Waals surface area contributed by atoms with Crippen molar-refractivity contribution in [3.05, 3.63) is 66.5 Å². The van der Waals surface area contributed by atoms with Gasteiger partial charge in [-0.2, -0.15) is 0 Å².